The first-order valence-corrected chi connectivity index (χ1v) is 9.45. The maximum absolute atomic E-state index is 12.0. The summed E-state index contributed by atoms with van der Waals surface area (Å²) in [6.07, 6.45) is -0.818. The molecule has 136 valence electrons. The highest BCUT2D eigenvalue weighted by atomic mass is 32.2. The van der Waals surface area contributed by atoms with Crippen LogP contribution in [0.4, 0.5) is 21.0 Å². The molecule has 1 aromatic rings. The van der Waals surface area contributed by atoms with Gasteiger partial charge in [-0.1, -0.05) is 0 Å². The van der Waals surface area contributed by atoms with Crippen LogP contribution < -0.4 is 9.80 Å². The number of hydrogen-bond acceptors (Lipinski definition) is 6. The van der Waals surface area contributed by atoms with Gasteiger partial charge in [0.15, 0.2) is 0 Å². The van der Waals surface area contributed by atoms with E-state index in [0.29, 0.717) is 17.8 Å². The maximum atomic E-state index is 12.0. The van der Waals surface area contributed by atoms with E-state index < -0.39 is 28.4 Å². The second-order valence-corrected chi connectivity index (χ2v) is 7.77. The van der Waals surface area contributed by atoms with E-state index in [1.165, 1.54) is 9.80 Å². The molecule has 1 saturated heterocycles. The van der Waals surface area contributed by atoms with Gasteiger partial charge in [0.05, 0.1) is 18.5 Å². The third-order valence-corrected chi connectivity index (χ3v) is 4.70. The second kappa shape index (κ2) is 6.19. The van der Waals surface area contributed by atoms with Crippen LogP contribution in [0.15, 0.2) is 18.2 Å². The smallest absolute Gasteiger partial charge is 0.414 e. The summed E-state index contributed by atoms with van der Waals surface area (Å²) in [5.74, 6) is 0. The lowest BCUT2D eigenvalue weighted by Crippen LogP contribution is -2.34. The van der Waals surface area contributed by atoms with Crippen LogP contribution in [0.2, 0.25) is 0 Å². The molecular weight excluding hydrogens is 352 g/mol. The zero-order chi connectivity index (χ0) is 18.4. The summed E-state index contributed by atoms with van der Waals surface area (Å²) in [6.45, 7) is 1.73. The molecule has 25 heavy (non-hydrogen) atoms. The van der Waals surface area contributed by atoms with Crippen molar-refractivity contribution in [2.45, 2.75) is 25.5 Å². The molecule has 0 bridgehead atoms. The van der Waals surface area contributed by atoms with Gasteiger partial charge in [0, 0.05) is 11.7 Å². The van der Waals surface area contributed by atoms with E-state index in [-0.39, 0.29) is 19.2 Å². The number of benzene rings is 1. The number of fused-ring (bicyclic) bond motifs is 1. The molecule has 0 saturated carbocycles. The van der Waals surface area contributed by atoms with Crippen molar-refractivity contribution < 1.29 is 32.0 Å². The third kappa shape index (κ3) is 3.54. The Labute approximate surface area is 144 Å². The van der Waals surface area contributed by atoms with Gasteiger partial charge in [0.25, 0.3) is 10.1 Å². The highest BCUT2D eigenvalue weighted by molar-refractivity contribution is 7.85. The molecule has 2 aliphatic rings. The summed E-state index contributed by atoms with van der Waals surface area (Å²) in [5.41, 5.74) is 2.01. The number of carbonyl (C=O) groups is 2. The van der Waals surface area contributed by atoms with Crippen molar-refractivity contribution in [1.29, 1.82) is 0 Å². The first kappa shape index (κ1) is 17.5. The highest BCUT2D eigenvalue weighted by Gasteiger charge is 2.35. The largest absolute Gasteiger partial charge is 0.465 e. The number of ether oxygens (including phenoxy) is 1. The predicted molar refractivity (Wildman–Crippen MR) is 88.5 cm³/mol. The Balaban J connectivity index is 1.76. The molecule has 2 heterocycles. The standard InChI is InChI=1S/C15H18N2O7S/c1-9-5-10-6-11(3-4-13(10)17(9)14(18)19)16-7-12(24-15(16)20)8-23-25(2,21)22/h3-4,6,9,12H,5,7-8H2,1-2H3,(H,18,19)/t9-,12-/m1/s1. The Bertz CT molecular complexity index is 823. The topological polar surface area (TPSA) is 113 Å². The van der Waals surface area contributed by atoms with Crippen LogP contribution in [0.5, 0.6) is 0 Å². The minimum Gasteiger partial charge on any atom is -0.465 e. The van der Waals surface area contributed by atoms with Crippen molar-refractivity contribution in [2.75, 3.05) is 29.2 Å². The number of carbonyl (C=O) groups excluding carboxylic acids is 1. The molecule has 0 radical (unpaired) electrons. The summed E-state index contributed by atoms with van der Waals surface area (Å²) in [5, 5.41) is 9.29. The first-order valence-electron chi connectivity index (χ1n) is 7.63. The Hall–Kier alpha value is -2.33. The van der Waals surface area contributed by atoms with Gasteiger partial charge in [-0.3, -0.25) is 14.0 Å². The normalized spacial score (nSPS) is 22.9. The minimum absolute atomic E-state index is 0.158. The number of amides is 2. The van der Waals surface area contributed by atoms with E-state index in [4.69, 9.17) is 4.74 Å². The van der Waals surface area contributed by atoms with E-state index in [2.05, 4.69) is 4.18 Å². The van der Waals surface area contributed by atoms with Crippen LogP contribution in [0.25, 0.3) is 0 Å². The Kier molecular flexibility index (Phi) is 4.33. The van der Waals surface area contributed by atoms with Crippen LogP contribution in [0, 0.1) is 0 Å². The average Bonchev–Trinajstić information content (AvgIpc) is 3.02. The van der Waals surface area contributed by atoms with Crippen molar-refractivity contribution in [2.24, 2.45) is 0 Å². The third-order valence-electron chi connectivity index (χ3n) is 4.14. The Morgan fingerprint density at radius 2 is 2.16 bits per heavy atom. The predicted octanol–water partition coefficient (Wildman–Crippen LogP) is 1.42. The molecule has 0 aromatic heterocycles. The zero-order valence-electron chi connectivity index (χ0n) is 13.7. The van der Waals surface area contributed by atoms with Crippen molar-refractivity contribution in [3.63, 3.8) is 0 Å². The number of carboxylic acid groups (broad SMARTS) is 1. The van der Waals surface area contributed by atoms with E-state index in [0.717, 1.165) is 11.8 Å². The fraction of sp³-hybridized carbons (Fsp3) is 0.467. The molecule has 10 heteroatoms. The number of rotatable bonds is 4. The highest BCUT2D eigenvalue weighted by Crippen LogP contribution is 2.36. The molecule has 2 aliphatic heterocycles. The fourth-order valence-electron chi connectivity index (χ4n) is 3.10. The molecule has 1 N–H and O–H groups in total. The molecule has 0 unspecified atom stereocenters. The molecule has 9 nitrogen and oxygen atoms in total. The molecule has 2 amide bonds. The van der Waals surface area contributed by atoms with Gasteiger partial charge < -0.3 is 9.84 Å². The lowest BCUT2D eigenvalue weighted by molar-refractivity contribution is 0.107. The van der Waals surface area contributed by atoms with Gasteiger partial charge in [0.2, 0.25) is 0 Å². The zero-order valence-corrected chi connectivity index (χ0v) is 14.5. The summed E-state index contributed by atoms with van der Waals surface area (Å²) in [4.78, 5) is 26.1. The van der Waals surface area contributed by atoms with Crippen LogP contribution in [0.3, 0.4) is 0 Å². The Morgan fingerprint density at radius 1 is 1.44 bits per heavy atom. The summed E-state index contributed by atoms with van der Waals surface area (Å²) in [7, 11) is -3.61. The monoisotopic (exact) mass is 370 g/mol. The molecule has 0 spiro atoms. The SMILES string of the molecule is C[C@@H]1Cc2cc(N3C[C@H](COS(C)(=O)=O)OC3=O)ccc2N1C(=O)O. The summed E-state index contributed by atoms with van der Waals surface area (Å²) < 4.78 is 31.9. The van der Waals surface area contributed by atoms with Gasteiger partial charge in [-0.2, -0.15) is 8.42 Å². The maximum Gasteiger partial charge on any atom is 0.414 e. The fourth-order valence-corrected chi connectivity index (χ4v) is 3.49. The van der Waals surface area contributed by atoms with Crippen molar-refractivity contribution in [1.82, 2.24) is 0 Å². The van der Waals surface area contributed by atoms with Crippen molar-refractivity contribution in [3.05, 3.63) is 23.8 Å². The van der Waals surface area contributed by atoms with Gasteiger partial charge >= 0.3 is 12.2 Å². The summed E-state index contributed by atoms with van der Waals surface area (Å²) >= 11 is 0. The molecule has 1 fully saturated rings. The van der Waals surface area contributed by atoms with Gasteiger partial charge in [0.1, 0.15) is 12.7 Å². The number of hydrogen-bond donors (Lipinski definition) is 1. The van der Waals surface area contributed by atoms with Crippen molar-refractivity contribution >= 4 is 33.7 Å². The number of anilines is 2. The van der Waals surface area contributed by atoms with E-state index in [1.54, 1.807) is 18.2 Å². The quantitative estimate of drug-likeness (QED) is 0.797. The molecule has 2 atom stereocenters. The average molecular weight is 370 g/mol. The van der Waals surface area contributed by atoms with Gasteiger partial charge in [-0.05, 0) is 37.1 Å². The van der Waals surface area contributed by atoms with Gasteiger partial charge in [-0.25, -0.2) is 9.59 Å². The van der Waals surface area contributed by atoms with Crippen LogP contribution in [-0.2, 0) is 25.5 Å². The summed E-state index contributed by atoms with van der Waals surface area (Å²) in [6, 6.07) is 4.89. The van der Waals surface area contributed by atoms with Crippen molar-refractivity contribution in [3.8, 4) is 0 Å². The lowest BCUT2D eigenvalue weighted by Gasteiger charge is -2.19. The van der Waals surface area contributed by atoms with Crippen LogP contribution >= 0.6 is 0 Å². The molecule has 3 rings (SSSR count). The molecular formula is C15H18N2O7S. The van der Waals surface area contributed by atoms with E-state index >= 15 is 0 Å². The van der Waals surface area contributed by atoms with Gasteiger partial charge in [-0.15, -0.1) is 0 Å². The molecule has 1 aromatic carbocycles. The lowest BCUT2D eigenvalue weighted by atomic mass is 10.1. The first-order chi connectivity index (χ1) is 11.7. The Morgan fingerprint density at radius 3 is 2.80 bits per heavy atom. The molecule has 0 aliphatic carbocycles. The second-order valence-electron chi connectivity index (χ2n) is 6.12. The number of cyclic esters (lactones) is 1. The van der Waals surface area contributed by atoms with E-state index in [9.17, 15) is 23.1 Å². The minimum atomic E-state index is -3.61. The van der Waals surface area contributed by atoms with Crippen LogP contribution in [0.1, 0.15) is 12.5 Å². The number of nitrogens with zero attached hydrogens (tertiary/aromatic N) is 2. The van der Waals surface area contributed by atoms with E-state index in [1.807, 2.05) is 6.92 Å². The van der Waals surface area contributed by atoms with Crippen LogP contribution in [-0.4, -0.2) is 57.3 Å².